The molecule has 0 aromatic carbocycles. The van der Waals surface area contributed by atoms with Crippen molar-refractivity contribution < 1.29 is 14.6 Å². The number of carbonyl (C=O) groups excluding carboxylic acids is 1. The first-order valence-electron chi connectivity index (χ1n) is 8.32. The number of hydrogen-bond donors (Lipinski definition) is 2. The number of carbonyl (C=O) groups is 1. The topological polar surface area (TPSA) is 61.8 Å². The molecule has 1 saturated heterocycles. The lowest BCUT2D eigenvalue weighted by molar-refractivity contribution is -0.124. The van der Waals surface area contributed by atoms with Gasteiger partial charge in [0.2, 0.25) is 5.91 Å². The molecule has 2 N–H and O–H groups in total. The first kappa shape index (κ1) is 16.7. The number of methoxy groups -OCH3 is 1. The zero-order chi connectivity index (χ0) is 15.2. The smallest absolute Gasteiger partial charge is 0.234 e. The van der Waals surface area contributed by atoms with Crippen molar-refractivity contribution in [3.63, 3.8) is 0 Å². The Bertz CT molecular complexity index is 337. The average molecular weight is 298 g/mol. The molecule has 0 bridgehead atoms. The second kappa shape index (κ2) is 8.11. The van der Waals surface area contributed by atoms with Crippen LogP contribution < -0.4 is 5.32 Å². The minimum Gasteiger partial charge on any atom is -0.393 e. The van der Waals surface area contributed by atoms with Crippen molar-refractivity contribution in [2.75, 3.05) is 26.8 Å². The molecule has 122 valence electrons. The lowest BCUT2D eigenvalue weighted by Gasteiger charge is -2.37. The van der Waals surface area contributed by atoms with E-state index in [9.17, 15) is 9.90 Å². The molecule has 1 aliphatic carbocycles. The van der Waals surface area contributed by atoms with E-state index in [-0.39, 0.29) is 18.1 Å². The average Bonchev–Trinajstić information content (AvgIpc) is 2.87. The number of hydrogen-bond acceptors (Lipinski definition) is 4. The van der Waals surface area contributed by atoms with Gasteiger partial charge in [-0.3, -0.25) is 9.69 Å². The Kier molecular flexibility index (Phi) is 6.45. The van der Waals surface area contributed by atoms with Crippen LogP contribution in [-0.2, 0) is 9.53 Å². The van der Waals surface area contributed by atoms with Crippen LogP contribution in [0.5, 0.6) is 0 Å². The highest BCUT2D eigenvalue weighted by atomic mass is 16.5. The van der Waals surface area contributed by atoms with Crippen LogP contribution in [0.25, 0.3) is 0 Å². The first-order valence-corrected chi connectivity index (χ1v) is 8.32. The standard InChI is InChI=1S/C16H30N2O3/c1-12(11-21-2)17-16(20)10-18-9-5-7-14(18)13-6-3-4-8-15(13)19/h12-15,19H,3-11H2,1-2H3,(H,17,20). The number of aliphatic hydroxyl groups is 1. The maximum absolute atomic E-state index is 12.1. The van der Waals surface area contributed by atoms with Gasteiger partial charge in [0.1, 0.15) is 0 Å². The van der Waals surface area contributed by atoms with Crippen LogP contribution in [-0.4, -0.2) is 60.9 Å². The van der Waals surface area contributed by atoms with E-state index in [4.69, 9.17) is 4.74 Å². The summed E-state index contributed by atoms with van der Waals surface area (Å²) in [6.07, 6.45) is 6.44. The molecule has 1 saturated carbocycles. The Labute approximate surface area is 128 Å². The summed E-state index contributed by atoms with van der Waals surface area (Å²) in [6, 6.07) is 0.424. The first-order chi connectivity index (χ1) is 10.1. The summed E-state index contributed by atoms with van der Waals surface area (Å²) in [7, 11) is 1.64. The summed E-state index contributed by atoms with van der Waals surface area (Å²) in [5, 5.41) is 13.2. The normalized spacial score (nSPS) is 32.0. The molecular formula is C16H30N2O3. The van der Waals surface area contributed by atoms with E-state index in [1.54, 1.807) is 7.11 Å². The number of amides is 1. The predicted molar refractivity (Wildman–Crippen MR) is 82.0 cm³/mol. The molecule has 0 radical (unpaired) electrons. The Hall–Kier alpha value is -0.650. The lowest BCUT2D eigenvalue weighted by atomic mass is 9.80. The van der Waals surface area contributed by atoms with Gasteiger partial charge in [0.25, 0.3) is 0 Å². The van der Waals surface area contributed by atoms with Crippen molar-refractivity contribution in [2.45, 2.75) is 63.6 Å². The van der Waals surface area contributed by atoms with Gasteiger partial charge in [-0.05, 0) is 39.2 Å². The summed E-state index contributed by atoms with van der Waals surface area (Å²) in [5.41, 5.74) is 0. The van der Waals surface area contributed by atoms with E-state index in [0.717, 1.165) is 38.6 Å². The minimum atomic E-state index is -0.181. The van der Waals surface area contributed by atoms with Gasteiger partial charge in [0, 0.05) is 25.1 Å². The van der Waals surface area contributed by atoms with Crippen LogP contribution >= 0.6 is 0 Å². The molecule has 1 heterocycles. The Morgan fingerprint density at radius 2 is 2.10 bits per heavy atom. The summed E-state index contributed by atoms with van der Waals surface area (Å²) >= 11 is 0. The van der Waals surface area contributed by atoms with E-state index in [2.05, 4.69) is 10.2 Å². The molecule has 2 fully saturated rings. The minimum absolute atomic E-state index is 0.0452. The Morgan fingerprint density at radius 3 is 2.81 bits per heavy atom. The van der Waals surface area contributed by atoms with E-state index in [1.165, 1.54) is 6.42 Å². The van der Waals surface area contributed by atoms with Gasteiger partial charge in [-0.2, -0.15) is 0 Å². The van der Waals surface area contributed by atoms with Gasteiger partial charge in [-0.25, -0.2) is 0 Å². The highest BCUT2D eigenvalue weighted by Gasteiger charge is 2.37. The molecule has 4 unspecified atom stereocenters. The fourth-order valence-electron chi connectivity index (χ4n) is 3.92. The molecule has 1 amide bonds. The molecule has 2 aliphatic rings. The molecule has 0 spiro atoms. The quantitative estimate of drug-likeness (QED) is 0.772. The van der Waals surface area contributed by atoms with Gasteiger partial charge >= 0.3 is 0 Å². The van der Waals surface area contributed by atoms with Crippen molar-refractivity contribution in [1.29, 1.82) is 0 Å². The van der Waals surface area contributed by atoms with Gasteiger partial charge in [-0.15, -0.1) is 0 Å². The molecule has 2 rings (SSSR count). The molecule has 1 aliphatic heterocycles. The molecular weight excluding hydrogens is 268 g/mol. The predicted octanol–water partition coefficient (Wildman–Crippen LogP) is 1.15. The molecule has 5 nitrogen and oxygen atoms in total. The van der Waals surface area contributed by atoms with Gasteiger partial charge in [0.15, 0.2) is 0 Å². The Balaban J connectivity index is 1.85. The number of nitrogens with one attached hydrogen (secondary N) is 1. The number of aliphatic hydroxyl groups excluding tert-OH is 1. The molecule has 21 heavy (non-hydrogen) atoms. The monoisotopic (exact) mass is 298 g/mol. The molecule has 5 heteroatoms. The number of ether oxygens (including phenoxy) is 1. The van der Waals surface area contributed by atoms with E-state index in [1.807, 2.05) is 6.92 Å². The van der Waals surface area contributed by atoms with E-state index < -0.39 is 0 Å². The zero-order valence-electron chi connectivity index (χ0n) is 13.4. The van der Waals surface area contributed by atoms with Crippen molar-refractivity contribution in [1.82, 2.24) is 10.2 Å². The second-order valence-corrected chi connectivity index (χ2v) is 6.62. The summed E-state index contributed by atoms with van der Waals surface area (Å²) < 4.78 is 5.04. The third-order valence-electron chi connectivity index (χ3n) is 4.86. The SMILES string of the molecule is COCC(C)NC(=O)CN1CCCC1C1CCCCC1O. The van der Waals surface area contributed by atoms with Crippen LogP contribution in [0.1, 0.15) is 45.4 Å². The zero-order valence-corrected chi connectivity index (χ0v) is 13.4. The van der Waals surface area contributed by atoms with Crippen molar-refractivity contribution >= 4 is 5.91 Å². The van der Waals surface area contributed by atoms with Gasteiger partial charge in [-0.1, -0.05) is 12.8 Å². The highest BCUT2D eigenvalue weighted by Crippen LogP contribution is 2.34. The van der Waals surface area contributed by atoms with Crippen molar-refractivity contribution in [3.05, 3.63) is 0 Å². The molecule has 0 aromatic heterocycles. The summed E-state index contributed by atoms with van der Waals surface area (Å²) in [6.45, 7) is 3.91. The number of rotatable bonds is 6. The van der Waals surface area contributed by atoms with Crippen LogP contribution in [0.15, 0.2) is 0 Å². The van der Waals surface area contributed by atoms with Crippen LogP contribution in [0.3, 0.4) is 0 Å². The fraction of sp³-hybridized carbons (Fsp3) is 0.938. The lowest BCUT2D eigenvalue weighted by Crippen LogP contribution is -2.48. The number of likely N-dealkylation sites (tertiary alicyclic amines) is 1. The third kappa shape index (κ3) is 4.66. The van der Waals surface area contributed by atoms with Gasteiger partial charge in [0.05, 0.1) is 19.3 Å². The second-order valence-electron chi connectivity index (χ2n) is 6.62. The van der Waals surface area contributed by atoms with Crippen LogP contribution in [0.4, 0.5) is 0 Å². The van der Waals surface area contributed by atoms with Crippen LogP contribution in [0, 0.1) is 5.92 Å². The summed E-state index contributed by atoms with van der Waals surface area (Å²) in [4.78, 5) is 14.4. The fourth-order valence-corrected chi connectivity index (χ4v) is 3.92. The van der Waals surface area contributed by atoms with E-state index in [0.29, 0.717) is 25.1 Å². The summed E-state index contributed by atoms with van der Waals surface area (Å²) in [5.74, 6) is 0.419. The maximum Gasteiger partial charge on any atom is 0.234 e. The number of nitrogens with zero attached hydrogens (tertiary/aromatic N) is 1. The van der Waals surface area contributed by atoms with Crippen molar-refractivity contribution in [3.8, 4) is 0 Å². The Morgan fingerprint density at radius 1 is 1.33 bits per heavy atom. The third-order valence-corrected chi connectivity index (χ3v) is 4.86. The largest absolute Gasteiger partial charge is 0.393 e. The highest BCUT2D eigenvalue weighted by molar-refractivity contribution is 5.78. The van der Waals surface area contributed by atoms with Crippen LogP contribution in [0.2, 0.25) is 0 Å². The molecule has 0 aromatic rings. The van der Waals surface area contributed by atoms with Crippen molar-refractivity contribution in [2.24, 2.45) is 5.92 Å². The molecule has 4 atom stereocenters. The van der Waals surface area contributed by atoms with Gasteiger partial charge < -0.3 is 15.2 Å². The maximum atomic E-state index is 12.1. The van der Waals surface area contributed by atoms with E-state index >= 15 is 0 Å².